The SMILES string of the molecule is COCCN(CC(C)C(=O)OC)C(=O)C1CC1. The molecule has 0 bridgehead atoms. The minimum absolute atomic E-state index is 0.137. The number of methoxy groups -OCH3 is 2. The molecule has 0 spiro atoms. The predicted molar refractivity (Wildman–Crippen MR) is 62.4 cm³/mol. The number of ether oxygens (including phenoxy) is 2. The van der Waals surface area contributed by atoms with Gasteiger partial charge in [0, 0.05) is 26.1 Å². The van der Waals surface area contributed by atoms with Gasteiger partial charge >= 0.3 is 5.97 Å². The van der Waals surface area contributed by atoms with Crippen LogP contribution in [0.3, 0.4) is 0 Å². The van der Waals surface area contributed by atoms with Crippen molar-refractivity contribution in [1.29, 1.82) is 0 Å². The molecule has 0 aliphatic heterocycles. The molecule has 0 saturated heterocycles. The average molecular weight is 243 g/mol. The minimum Gasteiger partial charge on any atom is -0.469 e. The number of hydrogen-bond acceptors (Lipinski definition) is 4. The highest BCUT2D eigenvalue weighted by Gasteiger charge is 2.34. The maximum atomic E-state index is 12.0. The number of carbonyl (C=O) groups is 2. The average Bonchev–Trinajstić information content (AvgIpc) is 3.16. The molecule has 0 N–H and O–H groups in total. The van der Waals surface area contributed by atoms with Crippen LogP contribution in [0.2, 0.25) is 0 Å². The zero-order valence-electron chi connectivity index (χ0n) is 10.8. The van der Waals surface area contributed by atoms with E-state index in [0.29, 0.717) is 19.7 Å². The minimum atomic E-state index is -0.292. The van der Waals surface area contributed by atoms with Crippen LogP contribution in [0.4, 0.5) is 0 Å². The molecule has 1 atom stereocenters. The number of nitrogens with zero attached hydrogens (tertiary/aromatic N) is 1. The van der Waals surface area contributed by atoms with E-state index in [0.717, 1.165) is 12.8 Å². The summed E-state index contributed by atoms with van der Waals surface area (Å²) >= 11 is 0. The molecule has 1 amide bonds. The van der Waals surface area contributed by atoms with E-state index in [-0.39, 0.29) is 23.7 Å². The molecule has 1 aliphatic rings. The van der Waals surface area contributed by atoms with Gasteiger partial charge in [0.2, 0.25) is 5.91 Å². The van der Waals surface area contributed by atoms with Crippen LogP contribution in [0.15, 0.2) is 0 Å². The summed E-state index contributed by atoms with van der Waals surface area (Å²) in [6.45, 7) is 3.21. The molecule has 5 nitrogen and oxygen atoms in total. The van der Waals surface area contributed by atoms with Crippen molar-refractivity contribution < 1.29 is 19.1 Å². The quantitative estimate of drug-likeness (QED) is 0.617. The maximum Gasteiger partial charge on any atom is 0.310 e. The Labute approximate surface area is 102 Å². The molecule has 1 unspecified atom stereocenters. The van der Waals surface area contributed by atoms with Gasteiger partial charge in [-0.15, -0.1) is 0 Å². The van der Waals surface area contributed by atoms with E-state index in [1.54, 1.807) is 18.9 Å². The van der Waals surface area contributed by atoms with Crippen molar-refractivity contribution in [2.24, 2.45) is 11.8 Å². The Hall–Kier alpha value is -1.10. The lowest BCUT2D eigenvalue weighted by Crippen LogP contribution is -2.40. The number of amides is 1. The lowest BCUT2D eigenvalue weighted by molar-refractivity contribution is -0.146. The predicted octanol–water partition coefficient (Wildman–Crippen LogP) is 0.680. The van der Waals surface area contributed by atoms with Crippen LogP contribution in [-0.4, -0.2) is 50.7 Å². The standard InChI is InChI=1S/C12H21NO4/c1-9(12(15)17-3)8-13(6-7-16-2)11(14)10-4-5-10/h9-10H,4-8H2,1-3H3. The smallest absolute Gasteiger partial charge is 0.310 e. The van der Waals surface area contributed by atoms with Crippen molar-refractivity contribution >= 4 is 11.9 Å². The second-order valence-electron chi connectivity index (χ2n) is 4.48. The third-order valence-electron chi connectivity index (χ3n) is 2.90. The number of rotatable bonds is 7. The van der Waals surface area contributed by atoms with E-state index in [2.05, 4.69) is 4.74 Å². The molecule has 0 aromatic carbocycles. The van der Waals surface area contributed by atoms with Crippen LogP contribution < -0.4 is 0 Å². The zero-order valence-corrected chi connectivity index (χ0v) is 10.8. The Morgan fingerprint density at radius 1 is 1.35 bits per heavy atom. The summed E-state index contributed by atoms with van der Waals surface area (Å²) in [7, 11) is 2.96. The molecule has 5 heteroatoms. The van der Waals surface area contributed by atoms with Crippen LogP contribution in [0.25, 0.3) is 0 Å². The molecule has 0 heterocycles. The highest BCUT2D eigenvalue weighted by molar-refractivity contribution is 5.82. The van der Waals surface area contributed by atoms with Gasteiger partial charge in [-0.05, 0) is 12.8 Å². The maximum absolute atomic E-state index is 12.0. The van der Waals surface area contributed by atoms with Gasteiger partial charge in [0.15, 0.2) is 0 Å². The molecule has 1 aliphatic carbocycles. The third kappa shape index (κ3) is 4.34. The Balaban J connectivity index is 2.49. The molecule has 17 heavy (non-hydrogen) atoms. The first-order valence-corrected chi connectivity index (χ1v) is 5.95. The summed E-state index contributed by atoms with van der Waals surface area (Å²) < 4.78 is 9.65. The monoisotopic (exact) mass is 243 g/mol. The first-order valence-electron chi connectivity index (χ1n) is 5.95. The number of esters is 1. The third-order valence-corrected chi connectivity index (χ3v) is 2.90. The zero-order chi connectivity index (χ0) is 12.8. The van der Waals surface area contributed by atoms with Gasteiger partial charge in [-0.25, -0.2) is 0 Å². The number of carbonyl (C=O) groups excluding carboxylic acids is 2. The molecule has 0 aromatic heterocycles. The van der Waals surface area contributed by atoms with E-state index in [1.807, 2.05) is 0 Å². The Kier molecular flexibility index (Phi) is 5.41. The van der Waals surface area contributed by atoms with Gasteiger partial charge in [-0.1, -0.05) is 6.92 Å². The van der Waals surface area contributed by atoms with Crippen molar-refractivity contribution in [3.8, 4) is 0 Å². The van der Waals surface area contributed by atoms with Gasteiger partial charge < -0.3 is 14.4 Å². The lowest BCUT2D eigenvalue weighted by Gasteiger charge is -2.24. The molecular weight excluding hydrogens is 222 g/mol. The molecule has 98 valence electrons. The van der Waals surface area contributed by atoms with Crippen LogP contribution in [0, 0.1) is 11.8 Å². The highest BCUT2D eigenvalue weighted by Crippen LogP contribution is 2.31. The first-order chi connectivity index (χ1) is 8.10. The molecule has 0 aromatic rings. The Morgan fingerprint density at radius 2 is 2.00 bits per heavy atom. The van der Waals surface area contributed by atoms with Gasteiger partial charge in [0.25, 0.3) is 0 Å². The van der Waals surface area contributed by atoms with Crippen LogP contribution in [-0.2, 0) is 19.1 Å². The first kappa shape index (κ1) is 14.0. The van der Waals surface area contributed by atoms with Gasteiger partial charge in [-0.2, -0.15) is 0 Å². The molecule has 1 rings (SSSR count). The fourth-order valence-corrected chi connectivity index (χ4v) is 1.69. The van der Waals surface area contributed by atoms with E-state index in [1.165, 1.54) is 7.11 Å². The molecule has 0 radical (unpaired) electrons. The van der Waals surface area contributed by atoms with Crippen LogP contribution in [0.5, 0.6) is 0 Å². The van der Waals surface area contributed by atoms with Gasteiger partial charge in [0.05, 0.1) is 19.6 Å². The second kappa shape index (κ2) is 6.59. The van der Waals surface area contributed by atoms with Crippen molar-refractivity contribution in [3.05, 3.63) is 0 Å². The lowest BCUT2D eigenvalue weighted by atomic mass is 10.1. The van der Waals surface area contributed by atoms with E-state index in [9.17, 15) is 9.59 Å². The summed E-state index contributed by atoms with van der Waals surface area (Å²) in [5, 5.41) is 0. The summed E-state index contributed by atoms with van der Waals surface area (Å²) in [6.07, 6.45) is 1.93. The van der Waals surface area contributed by atoms with Crippen LogP contribution in [0.1, 0.15) is 19.8 Å². The van der Waals surface area contributed by atoms with Gasteiger partial charge in [-0.3, -0.25) is 9.59 Å². The highest BCUT2D eigenvalue weighted by atomic mass is 16.5. The summed E-state index contributed by atoms with van der Waals surface area (Å²) in [5.74, 6) is -0.273. The fourth-order valence-electron chi connectivity index (χ4n) is 1.69. The Bertz CT molecular complexity index is 276. The fraction of sp³-hybridized carbons (Fsp3) is 0.833. The molecule has 1 fully saturated rings. The van der Waals surface area contributed by atoms with E-state index < -0.39 is 0 Å². The second-order valence-corrected chi connectivity index (χ2v) is 4.48. The Morgan fingerprint density at radius 3 is 2.47 bits per heavy atom. The number of hydrogen-bond donors (Lipinski definition) is 0. The van der Waals surface area contributed by atoms with Crippen molar-refractivity contribution in [1.82, 2.24) is 4.90 Å². The normalized spacial score (nSPS) is 16.4. The van der Waals surface area contributed by atoms with Crippen molar-refractivity contribution in [2.75, 3.05) is 33.9 Å². The summed E-state index contributed by atoms with van der Waals surface area (Å²) in [6, 6.07) is 0. The molecule has 1 saturated carbocycles. The van der Waals surface area contributed by atoms with Crippen molar-refractivity contribution in [3.63, 3.8) is 0 Å². The van der Waals surface area contributed by atoms with Crippen molar-refractivity contribution in [2.45, 2.75) is 19.8 Å². The van der Waals surface area contributed by atoms with E-state index >= 15 is 0 Å². The summed E-state index contributed by atoms with van der Waals surface area (Å²) in [4.78, 5) is 25.0. The van der Waals surface area contributed by atoms with E-state index in [4.69, 9.17) is 4.74 Å². The largest absolute Gasteiger partial charge is 0.469 e. The molecular formula is C12H21NO4. The van der Waals surface area contributed by atoms with Gasteiger partial charge in [0.1, 0.15) is 0 Å². The van der Waals surface area contributed by atoms with Crippen LogP contribution >= 0.6 is 0 Å². The summed E-state index contributed by atoms with van der Waals surface area (Å²) in [5.41, 5.74) is 0. The topological polar surface area (TPSA) is 55.8 Å².